The largest absolute Gasteiger partial charge is 0.385 e. The van der Waals surface area contributed by atoms with Crippen molar-refractivity contribution in [1.82, 2.24) is 9.71 Å². The highest BCUT2D eigenvalue weighted by atomic mass is 32.2. The van der Waals surface area contributed by atoms with Crippen LogP contribution in [0, 0.1) is 22.8 Å². The zero-order valence-corrected chi connectivity index (χ0v) is 20.6. The van der Waals surface area contributed by atoms with Gasteiger partial charge in [-0.2, -0.15) is 10.5 Å². The maximum absolute atomic E-state index is 13.4. The van der Waals surface area contributed by atoms with Crippen molar-refractivity contribution in [3.63, 3.8) is 0 Å². The fourth-order valence-electron chi connectivity index (χ4n) is 3.18. The summed E-state index contributed by atoms with van der Waals surface area (Å²) in [4.78, 5) is 17.4. The van der Waals surface area contributed by atoms with Crippen LogP contribution in [-0.2, 0) is 26.7 Å². The Morgan fingerprint density at radius 3 is 2.22 bits per heavy atom. The van der Waals surface area contributed by atoms with Crippen LogP contribution in [0.2, 0.25) is 0 Å². The number of amides is 1. The smallest absolute Gasteiger partial charge is 0.259 e. The topological polar surface area (TPSA) is 139 Å². The number of hydrogen-bond acceptors (Lipinski definition) is 7. The monoisotopic (exact) mass is 473 g/mol. The quantitative estimate of drug-likeness (QED) is 0.459. The van der Waals surface area contributed by atoms with Gasteiger partial charge in [-0.05, 0) is 54.5 Å². The molecule has 1 amide bonds. The Bertz CT molecular complexity index is 1190. The van der Waals surface area contributed by atoms with Gasteiger partial charge < -0.3 is 5.11 Å². The second kappa shape index (κ2) is 9.78. The summed E-state index contributed by atoms with van der Waals surface area (Å²) >= 11 is 0.924. The van der Waals surface area contributed by atoms with Gasteiger partial charge in [0.2, 0.25) is 14.3 Å². The summed E-state index contributed by atoms with van der Waals surface area (Å²) < 4.78 is 19.3. The number of rotatable bonds is 7. The first-order valence-corrected chi connectivity index (χ1v) is 12.4. The molecular weight excluding hydrogens is 446 g/mol. The predicted octanol–water partition coefficient (Wildman–Crippen LogP) is 4.07. The molecule has 0 aliphatic rings. The standard InChI is InChI=1S/C22H27N5O3S2/c1-13(2)16-7-15(10-23)8-17(14(3)4)18(16)9-20(28)27-32(30,26-12-24)21-25-11-19(31-21)22(5,6)29/h7-8,11,13-14,29H,9H2,1-6H3,(H,26,27,28,30). The molecule has 32 heavy (non-hydrogen) atoms. The van der Waals surface area contributed by atoms with Crippen LogP contribution in [0.15, 0.2) is 27.0 Å². The molecule has 0 saturated heterocycles. The molecule has 0 saturated carbocycles. The number of benzene rings is 1. The van der Waals surface area contributed by atoms with Crippen LogP contribution in [0.4, 0.5) is 0 Å². The van der Waals surface area contributed by atoms with Crippen LogP contribution in [0.5, 0.6) is 0 Å². The lowest BCUT2D eigenvalue weighted by Crippen LogP contribution is -2.21. The summed E-state index contributed by atoms with van der Waals surface area (Å²) in [6.07, 6.45) is 2.82. The molecule has 0 spiro atoms. The number of nitrogens with one attached hydrogen (secondary N) is 1. The van der Waals surface area contributed by atoms with Gasteiger partial charge in [-0.3, -0.25) is 4.79 Å². The Morgan fingerprint density at radius 2 is 1.81 bits per heavy atom. The van der Waals surface area contributed by atoms with Crippen LogP contribution in [0.25, 0.3) is 0 Å². The molecule has 1 atom stereocenters. The molecular formula is C22H27N5O3S2. The molecule has 0 aliphatic carbocycles. The number of hydrogen-bond donors (Lipinski definition) is 2. The van der Waals surface area contributed by atoms with E-state index in [0.717, 1.165) is 28.0 Å². The van der Waals surface area contributed by atoms with E-state index in [4.69, 9.17) is 5.26 Å². The number of nitrogens with zero attached hydrogens (tertiary/aromatic N) is 4. The Morgan fingerprint density at radius 1 is 1.25 bits per heavy atom. The van der Waals surface area contributed by atoms with Gasteiger partial charge in [-0.25, -0.2) is 13.9 Å². The molecule has 8 nitrogen and oxygen atoms in total. The summed E-state index contributed by atoms with van der Waals surface area (Å²) in [5.74, 6) is -0.566. The Balaban J connectivity index is 2.57. The fourth-order valence-corrected chi connectivity index (χ4v) is 5.67. The molecule has 2 aromatic rings. The maximum Gasteiger partial charge on any atom is 0.259 e. The molecule has 1 aromatic heterocycles. The molecule has 0 aliphatic heterocycles. The van der Waals surface area contributed by atoms with E-state index < -0.39 is 21.4 Å². The average Bonchev–Trinajstić information content (AvgIpc) is 3.19. The average molecular weight is 474 g/mol. The van der Waals surface area contributed by atoms with Crippen molar-refractivity contribution in [3.8, 4) is 12.3 Å². The zero-order chi connectivity index (χ0) is 24.3. The van der Waals surface area contributed by atoms with E-state index in [1.54, 1.807) is 32.2 Å². The van der Waals surface area contributed by atoms with Crippen molar-refractivity contribution in [3.05, 3.63) is 45.5 Å². The number of nitriles is 2. The first kappa shape index (κ1) is 25.5. The lowest BCUT2D eigenvalue weighted by Gasteiger charge is -2.19. The number of aromatic nitrogens is 1. The molecule has 2 rings (SSSR count). The molecule has 1 aromatic carbocycles. The summed E-state index contributed by atoms with van der Waals surface area (Å²) in [5, 5.41) is 28.6. The first-order valence-electron chi connectivity index (χ1n) is 10.0. The Kier molecular flexibility index (Phi) is 7.79. The molecule has 10 heteroatoms. The number of carbonyl (C=O) groups excluding carboxylic acids is 1. The third-order valence-corrected chi connectivity index (χ3v) is 8.20. The highest BCUT2D eigenvalue weighted by molar-refractivity contribution is 7.94. The van der Waals surface area contributed by atoms with Gasteiger partial charge in [0.1, 0.15) is 0 Å². The van der Waals surface area contributed by atoms with Crippen LogP contribution < -0.4 is 4.72 Å². The van der Waals surface area contributed by atoms with Gasteiger partial charge in [0.25, 0.3) is 5.91 Å². The minimum absolute atomic E-state index is 0.0542. The van der Waals surface area contributed by atoms with Crippen LogP contribution in [-0.4, -0.2) is 20.2 Å². The SMILES string of the molecule is CC(C)c1cc(C#N)cc(C(C)C)c1CC(=O)N=S(=O)(NC#N)c1ncc(C(C)(C)O)s1. The van der Waals surface area contributed by atoms with Crippen molar-refractivity contribution in [2.45, 2.75) is 69.7 Å². The molecule has 0 fully saturated rings. The summed E-state index contributed by atoms with van der Waals surface area (Å²) in [7, 11) is -3.65. The van der Waals surface area contributed by atoms with E-state index in [0.29, 0.717) is 10.4 Å². The van der Waals surface area contributed by atoms with E-state index in [1.165, 1.54) is 6.20 Å². The normalized spacial score (nSPS) is 13.3. The highest BCUT2D eigenvalue weighted by Gasteiger charge is 2.26. The third-order valence-electron chi connectivity index (χ3n) is 4.76. The van der Waals surface area contributed by atoms with E-state index in [9.17, 15) is 19.4 Å². The van der Waals surface area contributed by atoms with Crippen molar-refractivity contribution in [2.75, 3.05) is 0 Å². The zero-order valence-electron chi connectivity index (χ0n) is 19.0. The van der Waals surface area contributed by atoms with E-state index >= 15 is 0 Å². The Hall–Kier alpha value is -2.79. The second-order valence-corrected chi connectivity index (χ2v) is 11.6. The van der Waals surface area contributed by atoms with Gasteiger partial charge in [0, 0.05) is 6.20 Å². The second-order valence-electron chi connectivity index (χ2n) is 8.51. The van der Waals surface area contributed by atoms with Gasteiger partial charge in [0.15, 0.2) is 6.19 Å². The van der Waals surface area contributed by atoms with Crippen molar-refractivity contribution < 1.29 is 14.1 Å². The van der Waals surface area contributed by atoms with Gasteiger partial charge in [0.05, 0.1) is 28.5 Å². The fraction of sp³-hybridized carbons (Fsp3) is 0.455. The summed E-state index contributed by atoms with van der Waals surface area (Å²) in [5.41, 5.74) is 1.76. The summed E-state index contributed by atoms with van der Waals surface area (Å²) in [6, 6.07) is 5.69. The third kappa shape index (κ3) is 5.71. The lowest BCUT2D eigenvalue weighted by molar-refractivity contribution is -0.117. The van der Waals surface area contributed by atoms with Gasteiger partial charge >= 0.3 is 0 Å². The Labute approximate surface area is 193 Å². The van der Waals surface area contributed by atoms with Crippen molar-refractivity contribution in [2.24, 2.45) is 4.36 Å². The molecule has 2 N–H and O–H groups in total. The predicted molar refractivity (Wildman–Crippen MR) is 123 cm³/mol. The number of carbonyl (C=O) groups is 1. The van der Waals surface area contributed by atoms with Gasteiger partial charge in [-0.1, -0.05) is 27.7 Å². The van der Waals surface area contributed by atoms with Crippen LogP contribution >= 0.6 is 11.3 Å². The van der Waals surface area contributed by atoms with Crippen LogP contribution in [0.1, 0.15) is 80.5 Å². The van der Waals surface area contributed by atoms with Gasteiger partial charge in [-0.15, -0.1) is 15.7 Å². The van der Waals surface area contributed by atoms with Crippen molar-refractivity contribution >= 4 is 27.2 Å². The molecule has 1 unspecified atom stereocenters. The lowest BCUT2D eigenvalue weighted by atomic mass is 9.85. The molecule has 0 bridgehead atoms. The highest BCUT2D eigenvalue weighted by Crippen LogP contribution is 2.31. The number of aliphatic hydroxyl groups is 1. The maximum atomic E-state index is 13.4. The van der Waals surface area contributed by atoms with Crippen molar-refractivity contribution in [1.29, 1.82) is 10.5 Å². The first-order chi connectivity index (χ1) is 14.8. The van der Waals surface area contributed by atoms with E-state index in [-0.39, 0.29) is 22.6 Å². The molecule has 0 radical (unpaired) electrons. The van der Waals surface area contributed by atoms with E-state index in [1.807, 2.05) is 27.7 Å². The summed E-state index contributed by atoms with van der Waals surface area (Å²) in [6.45, 7) is 11.0. The van der Waals surface area contributed by atoms with Crippen LogP contribution in [0.3, 0.4) is 0 Å². The molecule has 1 heterocycles. The minimum atomic E-state index is -3.65. The minimum Gasteiger partial charge on any atom is -0.385 e. The molecule has 170 valence electrons. The number of thiazole rings is 1. The van der Waals surface area contributed by atoms with E-state index in [2.05, 4.69) is 20.1 Å².